The molecule has 2 aromatic rings. The molecule has 0 saturated heterocycles. The Morgan fingerprint density at radius 3 is 2.78 bits per heavy atom. The summed E-state index contributed by atoms with van der Waals surface area (Å²) in [5.74, 6) is 1.50. The summed E-state index contributed by atoms with van der Waals surface area (Å²) in [6.45, 7) is 7.22. The average molecular weight is 264 g/mol. The lowest BCUT2D eigenvalue weighted by atomic mass is 10.1. The minimum atomic E-state index is 0.542. The lowest BCUT2D eigenvalue weighted by Crippen LogP contribution is -2.04. The number of anilines is 1. The number of hydrogen-bond donors (Lipinski definition) is 1. The number of benzene rings is 1. The van der Waals surface area contributed by atoms with Gasteiger partial charge in [0, 0.05) is 7.05 Å². The van der Waals surface area contributed by atoms with Crippen LogP contribution in [-0.2, 0) is 6.42 Å². The van der Waals surface area contributed by atoms with Crippen molar-refractivity contribution in [3.63, 3.8) is 0 Å². The molecule has 1 aromatic heterocycles. The molecule has 0 atom stereocenters. The van der Waals surface area contributed by atoms with E-state index in [1.807, 2.05) is 7.05 Å². The fraction of sp³-hybridized carbons (Fsp3) is 0.500. The first-order valence-corrected chi connectivity index (χ1v) is 7.19. The lowest BCUT2D eigenvalue weighted by molar-refractivity contribution is 0.271. The second-order valence-electron chi connectivity index (χ2n) is 4.76. The number of fused-ring (bicyclic) bond motifs is 1. The molecule has 1 heterocycles. The smallest absolute Gasteiger partial charge is 0.183 e. The Labute approximate surface area is 112 Å². The lowest BCUT2D eigenvalue weighted by Gasteiger charge is -2.10. The summed E-state index contributed by atoms with van der Waals surface area (Å²) in [5.41, 5.74) is 2.35. The van der Waals surface area contributed by atoms with Crippen molar-refractivity contribution in [2.75, 3.05) is 19.0 Å². The number of nitrogens with one attached hydrogen (secondary N) is 1. The molecular weight excluding hydrogens is 244 g/mol. The first-order chi connectivity index (χ1) is 8.63. The molecule has 1 aromatic carbocycles. The monoisotopic (exact) mass is 264 g/mol. The van der Waals surface area contributed by atoms with Gasteiger partial charge in [0.2, 0.25) is 0 Å². The van der Waals surface area contributed by atoms with E-state index in [-0.39, 0.29) is 0 Å². The van der Waals surface area contributed by atoms with Crippen LogP contribution in [0.4, 0.5) is 5.13 Å². The zero-order chi connectivity index (χ0) is 13.1. The summed E-state index contributed by atoms with van der Waals surface area (Å²) in [6, 6.07) is 4.21. The zero-order valence-corrected chi connectivity index (χ0v) is 12.2. The van der Waals surface area contributed by atoms with Gasteiger partial charge in [-0.1, -0.05) is 32.1 Å². The highest BCUT2D eigenvalue weighted by Crippen LogP contribution is 2.32. The molecule has 0 unspecified atom stereocenters. The Morgan fingerprint density at radius 1 is 1.39 bits per heavy atom. The number of ether oxygens (including phenoxy) is 1. The summed E-state index contributed by atoms with van der Waals surface area (Å²) in [4.78, 5) is 4.59. The van der Waals surface area contributed by atoms with Gasteiger partial charge in [-0.3, -0.25) is 0 Å². The van der Waals surface area contributed by atoms with Crippen LogP contribution < -0.4 is 10.1 Å². The molecule has 98 valence electrons. The van der Waals surface area contributed by atoms with E-state index in [4.69, 9.17) is 4.74 Å². The zero-order valence-electron chi connectivity index (χ0n) is 11.4. The Hall–Kier alpha value is -1.29. The number of hydrogen-bond acceptors (Lipinski definition) is 4. The fourth-order valence-electron chi connectivity index (χ4n) is 1.79. The van der Waals surface area contributed by atoms with Crippen molar-refractivity contribution < 1.29 is 4.74 Å². The van der Waals surface area contributed by atoms with Gasteiger partial charge in [0.05, 0.1) is 16.8 Å². The average Bonchev–Trinajstić information content (AvgIpc) is 2.78. The van der Waals surface area contributed by atoms with Gasteiger partial charge in [-0.2, -0.15) is 0 Å². The van der Waals surface area contributed by atoms with E-state index in [9.17, 15) is 0 Å². The molecule has 0 spiro atoms. The van der Waals surface area contributed by atoms with Crippen LogP contribution in [0.3, 0.4) is 0 Å². The SMILES string of the molecule is CCc1cc(OCC(C)C)cc2sc(NC)nc12. The number of thiazole rings is 1. The Morgan fingerprint density at radius 2 is 2.17 bits per heavy atom. The predicted molar refractivity (Wildman–Crippen MR) is 78.9 cm³/mol. The first kappa shape index (κ1) is 13.1. The summed E-state index contributed by atoms with van der Waals surface area (Å²) >= 11 is 1.67. The molecule has 2 rings (SSSR count). The van der Waals surface area contributed by atoms with Crippen molar-refractivity contribution >= 4 is 26.7 Å². The van der Waals surface area contributed by atoms with Crippen molar-refractivity contribution in [1.82, 2.24) is 4.98 Å². The topological polar surface area (TPSA) is 34.1 Å². The number of aromatic nitrogens is 1. The predicted octanol–water partition coefficient (Wildman–Crippen LogP) is 3.94. The maximum Gasteiger partial charge on any atom is 0.183 e. The molecule has 0 saturated carbocycles. The highest BCUT2D eigenvalue weighted by molar-refractivity contribution is 7.22. The van der Waals surface area contributed by atoms with Crippen LogP contribution in [0.1, 0.15) is 26.3 Å². The number of rotatable bonds is 5. The van der Waals surface area contributed by atoms with E-state index in [2.05, 4.69) is 43.2 Å². The van der Waals surface area contributed by atoms with Crippen molar-refractivity contribution in [2.24, 2.45) is 5.92 Å². The van der Waals surface area contributed by atoms with Crippen LogP contribution in [0.15, 0.2) is 12.1 Å². The molecule has 0 aliphatic heterocycles. The van der Waals surface area contributed by atoms with Crippen molar-refractivity contribution in [1.29, 1.82) is 0 Å². The maximum atomic E-state index is 5.82. The molecule has 3 nitrogen and oxygen atoms in total. The summed E-state index contributed by atoms with van der Waals surface area (Å²) in [6.07, 6.45) is 0.974. The number of aryl methyl sites for hydroxylation is 1. The second kappa shape index (κ2) is 5.57. The maximum absolute atomic E-state index is 5.82. The Bertz CT molecular complexity index is 534. The van der Waals surface area contributed by atoms with Crippen LogP contribution >= 0.6 is 11.3 Å². The molecule has 4 heteroatoms. The third-order valence-electron chi connectivity index (χ3n) is 2.73. The van der Waals surface area contributed by atoms with Gasteiger partial charge >= 0.3 is 0 Å². The molecule has 0 aliphatic carbocycles. The largest absolute Gasteiger partial charge is 0.493 e. The van der Waals surface area contributed by atoms with E-state index >= 15 is 0 Å². The Balaban J connectivity index is 2.38. The minimum Gasteiger partial charge on any atom is -0.493 e. The normalized spacial score (nSPS) is 11.2. The first-order valence-electron chi connectivity index (χ1n) is 6.38. The van der Waals surface area contributed by atoms with Gasteiger partial charge in [0.1, 0.15) is 5.75 Å². The van der Waals surface area contributed by atoms with Crippen LogP contribution in [-0.4, -0.2) is 18.6 Å². The molecular formula is C14H20N2OS. The molecule has 0 amide bonds. The van der Waals surface area contributed by atoms with Gasteiger partial charge in [-0.15, -0.1) is 0 Å². The molecule has 0 aliphatic rings. The standard InChI is InChI=1S/C14H20N2OS/c1-5-10-6-11(17-8-9(2)3)7-12-13(10)16-14(15-4)18-12/h6-7,9H,5,8H2,1-4H3,(H,15,16). The van der Waals surface area contributed by atoms with Crippen LogP contribution in [0.2, 0.25) is 0 Å². The van der Waals surface area contributed by atoms with Gasteiger partial charge in [-0.25, -0.2) is 4.98 Å². The van der Waals surface area contributed by atoms with Crippen molar-refractivity contribution in [3.05, 3.63) is 17.7 Å². The highest BCUT2D eigenvalue weighted by atomic mass is 32.1. The van der Waals surface area contributed by atoms with Gasteiger partial charge in [0.15, 0.2) is 5.13 Å². The molecule has 0 bridgehead atoms. The van der Waals surface area contributed by atoms with Gasteiger partial charge < -0.3 is 10.1 Å². The van der Waals surface area contributed by atoms with E-state index < -0.39 is 0 Å². The van der Waals surface area contributed by atoms with E-state index in [0.29, 0.717) is 5.92 Å². The van der Waals surface area contributed by atoms with Crippen molar-refractivity contribution in [2.45, 2.75) is 27.2 Å². The number of nitrogens with zero attached hydrogens (tertiary/aromatic N) is 1. The third kappa shape index (κ3) is 2.75. The molecule has 0 fully saturated rings. The molecule has 0 radical (unpaired) electrons. The fourth-order valence-corrected chi connectivity index (χ4v) is 2.69. The quantitative estimate of drug-likeness (QED) is 0.888. The highest BCUT2D eigenvalue weighted by Gasteiger charge is 2.09. The van der Waals surface area contributed by atoms with Gasteiger partial charge in [0.25, 0.3) is 0 Å². The Kier molecular flexibility index (Phi) is 4.07. The van der Waals surface area contributed by atoms with Crippen LogP contribution in [0.5, 0.6) is 5.75 Å². The summed E-state index contributed by atoms with van der Waals surface area (Å²) < 4.78 is 7.01. The van der Waals surface area contributed by atoms with Crippen LogP contribution in [0.25, 0.3) is 10.2 Å². The minimum absolute atomic E-state index is 0.542. The summed E-state index contributed by atoms with van der Waals surface area (Å²) in [5, 5.41) is 4.06. The van der Waals surface area contributed by atoms with Crippen molar-refractivity contribution in [3.8, 4) is 5.75 Å². The molecule has 18 heavy (non-hydrogen) atoms. The van der Waals surface area contributed by atoms with E-state index in [0.717, 1.165) is 29.4 Å². The second-order valence-corrected chi connectivity index (χ2v) is 5.79. The molecule has 1 N–H and O–H groups in total. The van der Waals surface area contributed by atoms with E-state index in [1.165, 1.54) is 10.3 Å². The summed E-state index contributed by atoms with van der Waals surface area (Å²) in [7, 11) is 1.90. The third-order valence-corrected chi connectivity index (χ3v) is 3.75. The van der Waals surface area contributed by atoms with Gasteiger partial charge in [-0.05, 0) is 30.0 Å². The van der Waals surface area contributed by atoms with E-state index in [1.54, 1.807) is 11.3 Å². The van der Waals surface area contributed by atoms with Crippen LogP contribution in [0, 0.1) is 5.92 Å².